The van der Waals surface area contributed by atoms with Gasteiger partial charge in [0.2, 0.25) is 0 Å². The Morgan fingerprint density at radius 3 is 1.42 bits per heavy atom. The number of nitrogens with zero attached hydrogens (tertiary/aromatic N) is 1. The third-order valence-electron chi connectivity index (χ3n) is 5.15. The highest BCUT2D eigenvalue weighted by atomic mass is 35.5. The standard InChI is InChI=1S/C20H21Cl2NO/c1-12-18(14-4-8-16(21)9-5-14)23(3)19(13(2)20(12)24)15-6-10-17(22)11-7-15/h4-13,18-19H,1-3H3/t12-,13+,18+,19-. The summed E-state index contributed by atoms with van der Waals surface area (Å²) < 4.78 is 0. The molecule has 1 fully saturated rings. The molecule has 1 aliphatic heterocycles. The average molecular weight is 362 g/mol. The third kappa shape index (κ3) is 3.11. The van der Waals surface area contributed by atoms with Gasteiger partial charge in [0.05, 0.1) is 0 Å². The van der Waals surface area contributed by atoms with E-state index in [4.69, 9.17) is 23.2 Å². The molecule has 0 bridgehead atoms. The summed E-state index contributed by atoms with van der Waals surface area (Å²) in [7, 11) is 2.10. The number of piperidine rings is 1. The zero-order valence-electron chi connectivity index (χ0n) is 14.0. The summed E-state index contributed by atoms with van der Waals surface area (Å²) in [6, 6.07) is 15.7. The average Bonchev–Trinajstić information content (AvgIpc) is 2.56. The lowest BCUT2D eigenvalue weighted by Gasteiger charge is -2.46. The first kappa shape index (κ1) is 17.5. The molecule has 0 aromatic heterocycles. The SMILES string of the molecule is C[C@@H]1C(=O)[C@H](C)[C@@H](c2ccc(Cl)cc2)N(C)[C@H]1c1ccc(Cl)cc1. The Labute approximate surface area is 153 Å². The van der Waals surface area contributed by atoms with E-state index in [9.17, 15) is 4.79 Å². The first-order valence-electron chi connectivity index (χ1n) is 8.16. The fourth-order valence-corrected chi connectivity index (χ4v) is 4.22. The van der Waals surface area contributed by atoms with Gasteiger partial charge >= 0.3 is 0 Å². The van der Waals surface area contributed by atoms with Crippen LogP contribution in [0, 0.1) is 11.8 Å². The highest BCUT2D eigenvalue weighted by molar-refractivity contribution is 6.30. The highest BCUT2D eigenvalue weighted by Gasteiger charge is 2.44. The van der Waals surface area contributed by atoms with Crippen molar-refractivity contribution in [3.05, 3.63) is 69.7 Å². The summed E-state index contributed by atoms with van der Waals surface area (Å²) in [5.74, 6) is 0.178. The van der Waals surface area contributed by atoms with Crippen molar-refractivity contribution < 1.29 is 4.79 Å². The molecule has 0 amide bonds. The number of hydrogen-bond donors (Lipinski definition) is 0. The quantitative estimate of drug-likeness (QED) is 0.697. The molecule has 3 rings (SSSR count). The first-order chi connectivity index (χ1) is 11.4. The molecule has 0 unspecified atom stereocenters. The topological polar surface area (TPSA) is 20.3 Å². The maximum Gasteiger partial charge on any atom is 0.142 e. The minimum Gasteiger partial charge on any atom is -0.299 e. The molecule has 0 spiro atoms. The summed E-state index contributed by atoms with van der Waals surface area (Å²) in [4.78, 5) is 15.2. The molecular formula is C20H21Cl2NO. The van der Waals surface area contributed by atoms with Crippen LogP contribution in [0.25, 0.3) is 0 Å². The number of hydrogen-bond acceptors (Lipinski definition) is 2. The van der Waals surface area contributed by atoms with Crippen molar-refractivity contribution in [2.45, 2.75) is 25.9 Å². The van der Waals surface area contributed by atoms with Crippen LogP contribution in [0.1, 0.15) is 37.1 Å². The number of rotatable bonds is 2. The van der Waals surface area contributed by atoms with Crippen molar-refractivity contribution in [1.29, 1.82) is 0 Å². The van der Waals surface area contributed by atoms with Gasteiger partial charge in [-0.3, -0.25) is 9.69 Å². The number of carbonyl (C=O) groups is 1. The normalized spacial score (nSPS) is 28.1. The maximum atomic E-state index is 12.9. The molecule has 126 valence electrons. The van der Waals surface area contributed by atoms with Crippen molar-refractivity contribution in [2.24, 2.45) is 11.8 Å². The number of Topliss-reactive ketones (excluding diaryl/α,β-unsaturated/α-hetero) is 1. The Kier molecular flexibility index (Phi) is 5.00. The molecule has 2 nitrogen and oxygen atoms in total. The number of carbonyl (C=O) groups excluding carboxylic acids is 1. The number of ketones is 1. The van der Waals surface area contributed by atoms with Gasteiger partial charge in [-0.25, -0.2) is 0 Å². The predicted octanol–water partition coefficient (Wildman–Crippen LogP) is 5.56. The predicted molar refractivity (Wildman–Crippen MR) is 99.5 cm³/mol. The summed E-state index contributed by atoms with van der Waals surface area (Å²) in [5, 5.41) is 1.41. The van der Waals surface area contributed by atoms with E-state index < -0.39 is 0 Å². The van der Waals surface area contributed by atoms with Crippen molar-refractivity contribution in [2.75, 3.05) is 7.05 Å². The molecule has 0 radical (unpaired) electrons. The first-order valence-corrected chi connectivity index (χ1v) is 8.92. The molecule has 0 saturated carbocycles. The van der Waals surface area contributed by atoms with E-state index >= 15 is 0 Å². The van der Waals surface area contributed by atoms with Gasteiger partial charge in [-0.15, -0.1) is 0 Å². The van der Waals surface area contributed by atoms with E-state index in [1.54, 1.807) is 0 Å². The second kappa shape index (κ2) is 6.87. The lowest BCUT2D eigenvalue weighted by molar-refractivity contribution is -0.136. The number of benzene rings is 2. The zero-order valence-corrected chi connectivity index (χ0v) is 15.6. The van der Waals surface area contributed by atoms with Crippen LogP contribution >= 0.6 is 23.2 Å². The van der Waals surface area contributed by atoms with Gasteiger partial charge in [0.25, 0.3) is 0 Å². The number of halogens is 2. The smallest absolute Gasteiger partial charge is 0.142 e. The Hall–Kier alpha value is -1.35. The summed E-state index contributed by atoms with van der Waals surface area (Å²) in [5.41, 5.74) is 2.24. The van der Waals surface area contributed by atoms with E-state index in [1.807, 2.05) is 62.4 Å². The van der Waals surface area contributed by atoms with Gasteiger partial charge in [0.1, 0.15) is 5.78 Å². The van der Waals surface area contributed by atoms with E-state index in [2.05, 4.69) is 11.9 Å². The van der Waals surface area contributed by atoms with Crippen molar-refractivity contribution in [3.8, 4) is 0 Å². The lowest BCUT2D eigenvalue weighted by Crippen LogP contribution is -2.47. The molecular weight excluding hydrogens is 341 g/mol. The van der Waals surface area contributed by atoms with Crippen LogP contribution in [0.5, 0.6) is 0 Å². The van der Waals surface area contributed by atoms with Crippen LogP contribution in [0.2, 0.25) is 10.0 Å². The maximum absolute atomic E-state index is 12.9. The van der Waals surface area contributed by atoms with Gasteiger partial charge < -0.3 is 0 Å². The molecule has 0 N–H and O–H groups in total. The molecule has 2 aromatic rings. The van der Waals surface area contributed by atoms with Crippen molar-refractivity contribution in [3.63, 3.8) is 0 Å². The fourth-order valence-electron chi connectivity index (χ4n) is 3.97. The Bertz CT molecular complexity index is 665. The van der Waals surface area contributed by atoms with Crippen LogP contribution in [-0.2, 0) is 4.79 Å². The zero-order chi connectivity index (χ0) is 17.4. The summed E-state index contributed by atoms with van der Waals surface area (Å²) in [6.07, 6.45) is 0. The molecule has 1 heterocycles. The van der Waals surface area contributed by atoms with E-state index in [1.165, 1.54) is 0 Å². The molecule has 1 aliphatic rings. The Morgan fingerprint density at radius 1 is 0.750 bits per heavy atom. The van der Waals surface area contributed by atoms with Gasteiger partial charge in [0, 0.05) is 34.0 Å². The Morgan fingerprint density at radius 2 is 1.08 bits per heavy atom. The minimum absolute atomic E-state index is 0.0339. The second-order valence-corrected chi connectivity index (χ2v) is 7.51. The van der Waals surface area contributed by atoms with Gasteiger partial charge in [-0.2, -0.15) is 0 Å². The van der Waals surface area contributed by atoms with Gasteiger partial charge in [-0.05, 0) is 42.4 Å². The van der Waals surface area contributed by atoms with Gasteiger partial charge in [-0.1, -0.05) is 61.3 Å². The number of likely N-dealkylation sites (tertiary alicyclic amines) is 1. The molecule has 2 aromatic carbocycles. The lowest BCUT2D eigenvalue weighted by atomic mass is 9.75. The van der Waals surface area contributed by atoms with Gasteiger partial charge in [0.15, 0.2) is 0 Å². The molecule has 1 saturated heterocycles. The van der Waals surface area contributed by atoms with Crippen LogP contribution in [0.15, 0.2) is 48.5 Å². The Balaban J connectivity index is 2.02. The molecule has 24 heavy (non-hydrogen) atoms. The monoisotopic (exact) mass is 361 g/mol. The van der Waals surface area contributed by atoms with Crippen LogP contribution in [0.3, 0.4) is 0 Å². The van der Waals surface area contributed by atoms with E-state index in [0.717, 1.165) is 11.1 Å². The largest absolute Gasteiger partial charge is 0.299 e. The van der Waals surface area contributed by atoms with Crippen LogP contribution in [0.4, 0.5) is 0 Å². The van der Waals surface area contributed by atoms with Crippen molar-refractivity contribution in [1.82, 2.24) is 4.90 Å². The minimum atomic E-state index is -0.0604. The molecule has 0 aliphatic carbocycles. The van der Waals surface area contributed by atoms with Crippen molar-refractivity contribution >= 4 is 29.0 Å². The third-order valence-corrected chi connectivity index (χ3v) is 5.65. The van der Waals surface area contributed by atoms with E-state index in [-0.39, 0.29) is 23.9 Å². The van der Waals surface area contributed by atoms with Crippen LogP contribution in [-0.4, -0.2) is 17.7 Å². The fraction of sp³-hybridized carbons (Fsp3) is 0.350. The summed E-state index contributed by atoms with van der Waals surface area (Å²) in [6.45, 7) is 4.04. The highest BCUT2D eigenvalue weighted by Crippen LogP contribution is 2.45. The molecule has 4 heteroatoms. The van der Waals surface area contributed by atoms with E-state index in [0.29, 0.717) is 15.8 Å². The second-order valence-electron chi connectivity index (χ2n) is 6.64. The molecule has 4 atom stereocenters. The van der Waals surface area contributed by atoms with Crippen LogP contribution < -0.4 is 0 Å². The summed E-state index contributed by atoms with van der Waals surface area (Å²) >= 11 is 12.0.